The van der Waals surface area contributed by atoms with Gasteiger partial charge in [-0.05, 0) is 93.4 Å². The van der Waals surface area contributed by atoms with Crippen molar-refractivity contribution in [2.75, 3.05) is 39.8 Å². The van der Waals surface area contributed by atoms with Crippen molar-refractivity contribution < 1.29 is 4.74 Å². The van der Waals surface area contributed by atoms with Crippen LogP contribution in [-0.4, -0.2) is 49.6 Å². The van der Waals surface area contributed by atoms with Gasteiger partial charge in [-0.2, -0.15) is 0 Å². The molecule has 4 nitrogen and oxygen atoms in total. The topological polar surface area (TPSA) is 20.1 Å². The largest absolute Gasteiger partial charge is 0.494 e. The summed E-state index contributed by atoms with van der Waals surface area (Å²) < 4.78 is 5.91. The molecular formula is C30H38ClN3O. The molecule has 3 aliphatic rings. The highest BCUT2D eigenvalue weighted by Crippen LogP contribution is 2.54. The predicted octanol–water partition coefficient (Wildman–Crippen LogP) is 6.95. The van der Waals surface area contributed by atoms with E-state index in [0.717, 1.165) is 49.4 Å². The number of hydrogen-bond donors (Lipinski definition) is 0. The lowest BCUT2D eigenvalue weighted by Crippen LogP contribution is -2.55. The van der Waals surface area contributed by atoms with Gasteiger partial charge in [-0.3, -0.25) is 0 Å². The first kappa shape index (κ1) is 24.6. The SMILES string of the molecule is [C-]#[N+]c1ccc(OCCCN2CCC(C3(C4CCCC4)CN(C)Cc4cccc(Cl)c43)CC2)cc1. The lowest BCUT2D eigenvalue weighted by Gasteiger charge is -2.54. The lowest BCUT2D eigenvalue weighted by atomic mass is 9.57. The standard InChI is InChI=1S/C30H38ClN3O/c1-32-26-11-13-27(14-12-26)35-20-6-17-34-18-15-25(16-19-34)30(24-8-3-4-9-24)22-33(2)21-23-7-5-10-28(31)29(23)30/h5,7,10-14,24-25H,3-4,6,8-9,15-22H2,2H3. The van der Waals surface area contributed by atoms with E-state index in [1.54, 1.807) is 0 Å². The number of piperidine rings is 1. The van der Waals surface area contributed by atoms with Crippen LogP contribution in [0.25, 0.3) is 4.85 Å². The molecule has 0 amide bonds. The zero-order chi connectivity index (χ0) is 24.3. The molecule has 1 saturated carbocycles. The lowest BCUT2D eigenvalue weighted by molar-refractivity contribution is 0.0461. The Morgan fingerprint density at radius 3 is 2.46 bits per heavy atom. The fourth-order valence-electron chi connectivity index (χ4n) is 7.30. The first-order valence-electron chi connectivity index (χ1n) is 13.4. The molecule has 1 unspecified atom stereocenters. The van der Waals surface area contributed by atoms with Crippen molar-refractivity contribution in [3.05, 3.63) is 70.0 Å². The van der Waals surface area contributed by atoms with Gasteiger partial charge in [0.25, 0.3) is 0 Å². The molecule has 2 aromatic carbocycles. The summed E-state index contributed by atoms with van der Waals surface area (Å²) in [7, 11) is 2.30. The maximum Gasteiger partial charge on any atom is 0.187 e. The number of nitrogens with zero attached hydrogens (tertiary/aromatic N) is 3. The van der Waals surface area contributed by atoms with Crippen molar-refractivity contribution in [3.8, 4) is 5.75 Å². The van der Waals surface area contributed by atoms with Crippen LogP contribution in [0.4, 0.5) is 5.69 Å². The van der Waals surface area contributed by atoms with E-state index in [9.17, 15) is 0 Å². The minimum Gasteiger partial charge on any atom is -0.494 e. The summed E-state index contributed by atoms with van der Waals surface area (Å²) in [4.78, 5) is 8.63. The molecule has 0 radical (unpaired) electrons. The third-order valence-corrected chi connectivity index (χ3v) is 9.11. The molecule has 5 rings (SSSR count). The van der Waals surface area contributed by atoms with Gasteiger partial charge in [-0.1, -0.05) is 48.7 Å². The van der Waals surface area contributed by atoms with Crippen molar-refractivity contribution in [1.29, 1.82) is 0 Å². The Labute approximate surface area is 216 Å². The van der Waals surface area contributed by atoms with E-state index in [1.165, 1.54) is 62.7 Å². The van der Waals surface area contributed by atoms with Crippen LogP contribution in [0, 0.1) is 18.4 Å². The normalized spacial score (nSPS) is 24.3. The fraction of sp³-hybridized carbons (Fsp3) is 0.567. The van der Waals surface area contributed by atoms with Crippen LogP contribution >= 0.6 is 11.6 Å². The van der Waals surface area contributed by atoms with Crippen molar-refractivity contribution in [1.82, 2.24) is 9.80 Å². The van der Waals surface area contributed by atoms with Crippen LogP contribution in [0.2, 0.25) is 5.02 Å². The Morgan fingerprint density at radius 2 is 1.74 bits per heavy atom. The van der Waals surface area contributed by atoms with Crippen molar-refractivity contribution in [3.63, 3.8) is 0 Å². The molecule has 2 aromatic rings. The Kier molecular flexibility index (Phi) is 7.68. The Balaban J connectivity index is 1.23. The maximum absolute atomic E-state index is 7.06. The van der Waals surface area contributed by atoms with Gasteiger partial charge in [0, 0.05) is 30.1 Å². The van der Waals surface area contributed by atoms with E-state index in [4.69, 9.17) is 22.9 Å². The molecule has 0 spiro atoms. The van der Waals surface area contributed by atoms with Gasteiger partial charge in [0.15, 0.2) is 5.69 Å². The minimum atomic E-state index is 0.198. The second-order valence-corrected chi connectivity index (χ2v) is 11.3. The van der Waals surface area contributed by atoms with Gasteiger partial charge in [-0.15, -0.1) is 0 Å². The first-order chi connectivity index (χ1) is 17.1. The third-order valence-electron chi connectivity index (χ3n) is 8.79. The number of rotatable bonds is 7. The van der Waals surface area contributed by atoms with Gasteiger partial charge in [0.2, 0.25) is 0 Å². The Hall–Kier alpha value is -2.06. The number of fused-ring (bicyclic) bond motifs is 1. The van der Waals surface area contributed by atoms with E-state index in [1.807, 2.05) is 24.3 Å². The molecule has 0 N–H and O–H groups in total. The van der Waals surface area contributed by atoms with Gasteiger partial charge in [-0.25, -0.2) is 4.85 Å². The van der Waals surface area contributed by atoms with Gasteiger partial charge >= 0.3 is 0 Å². The average molecular weight is 492 g/mol. The highest BCUT2D eigenvalue weighted by Gasteiger charge is 2.51. The summed E-state index contributed by atoms with van der Waals surface area (Å²) in [5.74, 6) is 2.30. The summed E-state index contributed by atoms with van der Waals surface area (Å²) in [6.07, 6.45) is 8.99. The number of benzene rings is 2. The van der Waals surface area contributed by atoms with Crippen molar-refractivity contribution in [2.24, 2.45) is 11.8 Å². The quantitative estimate of drug-likeness (QED) is 0.309. The van der Waals surface area contributed by atoms with Crippen LogP contribution < -0.4 is 4.74 Å². The number of likely N-dealkylation sites (tertiary alicyclic amines) is 1. The Bertz CT molecular complexity index is 1030. The smallest absolute Gasteiger partial charge is 0.187 e. The third kappa shape index (κ3) is 5.10. The summed E-state index contributed by atoms with van der Waals surface area (Å²) in [5.41, 5.74) is 3.82. The van der Waals surface area contributed by atoms with Gasteiger partial charge in [0.05, 0.1) is 13.2 Å². The van der Waals surface area contributed by atoms with Crippen LogP contribution in [0.5, 0.6) is 5.75 Å². The summed E-state index contributed by atoms with van der Waals surface area (Å²) in [5, 5.41) is 1.01. The van der Waals surface area contributed by atoms with E-state index in [2.05, 4.69) is 39.9 Å². The summed E-state index contributed by atoms with van der Waals surface area (Å²) >= 11 is 7.00. The van der Waals surface area contributed by atoms with Crippen LogP contribution in [0.15, 0.2) is 42.5 Å². The van der Waals surface area contributed by atoms with Crippen molar-refractivity contribution >= 4 is 17.3 Å². The zero-order valence-electron chi connectivity index (χ0n) is 21.0. The van der Waals surface area contributed by atoms with Crippen LogP contribution in [0.1, 0.15) is 56.1 Å². The number of halogens is 1. The zero-order valence-corrected chi connectivity index (χ0v) is 21.8. The molecule has 186 valence electrons. The molecule has 5 heteroatoms. The minimum absolute atomic E-state index is 0.198. The van der Waals surface area contributed by atoms with E-state index < -0.39 is 0 Å². The average Bonchev–Trinajstić information content (AvgIpc) is 3.42. The molecular weight excluding hydrogens is 454 g/mol. The Morgan fingerprint density at radius 1 is 1.03 bits per heavy atom. The number of likely N-dealkylation sites (N-methyl/N-ethyl adjacent to an activating group) is 1. The monoisotopic (exact) mass is 491 g/mol. The second-order valence-electron chi connectivity index (χ2n) is 10.9. The highest BCUT2D eigenvalue weighted by molar-refractivity contribution is 6.31. The second kappa shape index (κ2) is 10.9. The predicted molar refractivity (Wildman–Crippen MR) is 143 cm³/mol. The van der Waals surface area contributed by atoms with Gasteiger partial charge in [0.1, 0.15) is 5.75 Å². The number of ether oxygens (including phenoxy) is 1. The first-order valence-corrected chi connectivity index (χ1v) is 13.8. The van der Waals surface area contributed by atoms with Crippen molar-refractivity contribution in [2.45, 2.75) is 56.9 Å². The summed E-state index contributed by atoms with van der Waals surface area (Å²) in [6, 6.07) is 14.0. The van der Waals surface area contributed by atoms with E-state index >= 15 is 0 Å². The highest BCUT2D eigenvalue weighted by atomic mass is 35.5. The molecule has 0 aromatic heterocycles. The molecule has 1 atom stereocenters. The molecule has 2 heterocycles. The molecule has 2 aliphatic heterocycles. The fourth-order valence-corrected chi connectivity index (χ4v) is 7.67. The molecule has 2 fully saturated rings. The molecule has 1 saturated heterocycles. The summed E-state index contributed by atoms with van der Waals surface area (Å²) in [6.45, 7) is 13.4. The molecule has 35 heavy (non-hydrogen) atoms. The number of hydrogen-bond acceptors (Lipinski definition) is 3. The van der Waals surface area contributed by atoms with E-state index in [-0.39, 0.29) is 5.41 Å². The van der Waals surface area contributed by atoms with E-state index in [0.29, 0.717) is 11.6 Å². The molecule has 1 aliphatic carbocycles. The van der Waals surface area contributed by atoms with Crippen LogP contribution in [-0.2, 0) is 12.0 Å². The van der Waals surface area contributed by atoms with Crippen LogP contribution in [0.3, 0.4) is 0 Å². The van der Waals surface area contributed by atoms with Gasteiger partial charge < -0.3 is 14.5 Å². The maximum atomic E-state index is 7.06. The molecule has 0 bridgehead atoms.